The Morgan fingerprint density at radius 3 is 2.74 bits per heavy atom. The molecule has 0 bridgehead atoms. The summed E-state index contributed by atoms with van der Waals surface area (Å²) < 4.78 is 0. The van der Waals surface area contributed by atoms with Gasteiger partial charge in [-0.15, -0.1) is 11.3 Å². The lowest BCUT2D eigenvalue weighted by Crippen LogP contribution is -2.14. The van der Waals surface area contributed by atoms with Crippen LogP contribution in [0, 0.1) is 6.92 Å². The summed E-state index contributed by atoms with van der Waals surface area (Å²) in [5.41, 5.74) is 3.51. The highest BCUT2D eigenvalue weighted by Gasteiger charge is 2.05. The summed E-state index contributed by atoms with van der Waals surface area (Å²) in [4.78, 5) is 12.2. The van der Waals surface area contributed by atoms with Gasteiger partial charge in [-0.3, -0.25) is 4.79 Å². The second-order valence-corrected chi connectivity index (χ2v) is 5.47. The van der Waals surface area contributed by atoms with Crippen LogP contribution in [0.2, 0.25) is 0 Å². The Kier molecular flexibility index (Phi) is 4.71. The van der Waals surface area contributed by atoms with E-state index in [1.54, 1.807) is 11.3 Å². The van der Waals surface area contributed by atoms with Crippen molar-refractivity contribution in [1.29, 1.82) is 0 Å². The van der Waals surface area contributed by atoms with E-state index in [9.17, 15) is 4.79 Å². The molecule has 1 amide bonds. The van der Waals surface area contributed by atoms with Gasteiger partial charge in [-0.2, -0.15) is 0 Å². The molecule has 2 rings (SSSR count). The summed E-state index contributed by atoms with van der Waals surface area (Å²) in [6.45, 7) is 5.25. The van der Waals surface area contributed by atoms with Crippen LogP contribution in [-0.2, 0) is 17.9 Å². The third-order valence-electron chi connectivity index (χ3n) is 2.92. The van der Waals surface area contributed by atoms with Crippen molar-refractivity contribution >= 4 is 22.9 Å². The number of nitrogens with one attached hydrogen (secondary N) is 2. The van der Waals surface area contributed by atoms with Gasteiger partial charge in [0.25, 0.3) is 0 Å². The highest BCUT2D eigenvalue weighted by atomic mass is 32.1. The number of amides is 1. The SMILES string of the molecule is CC(=O)Nc1ccsc1CNCc1ccccc1C. The first-order valence-corrected chi connectivity index (χ1v) is 7.14. The Hall–Kier alpha value is -1.65. The predicted molar refractivity (Wildman–Crippen MR) is 80.3 cm³/mol. The van der Waals surface area contributed by atoms with Gasteiger partial charge in [0, 0.05) is 24.9 Å². The third-order valence-corrected chi connectivity index (χ3v) is 3.84. The van der Waals surface area contributed by atoms with Gasteiger partial charge in [-0.25, -0.2) is 0 Å². The average molecular weight is 274 g/mol. The van der Waals surface area contributed by atoms with Crippen molar-refractivity contribution in [2.45, 2.75) is 26.9 Å². The lowest BCUT2D eigenvalue weighted by atomic mass is 10.1. The molecule has 0 saturated heterocycles. The van der Waals surface area contributed by atoms with Gasteiger partial charge in [0.05, 0.1) is 5.69 Å². The van der Waals surface area contributed by atoms with E-state index in [0.29, 0.717) is 0 Å². The number of hydrogen-bond acceptors (Lipinski definition) is 3. The zero-order valence-corrected chi connectivity index (χ0v) is 12.0. The van der Waals surface area contributed by atoms with Crippen molar-refractivity contribution in [2.75, 3.05) is 5.32 Å². The first-order valence-electron chi connectivity index (χ1n) is 6.26. The second-order valence-electron chi connectivity index (χ2n) is 4.47. The van der Waals surface area contributed by atoms with Gasteiger partial charge in [0.15, 0.2) is 0 Å². The van der Waals surface area contributed by atoms with Crippen LogP contribution in [-0.4, -0.2) is 5.91 Å². The van der Waals surface area contributed by atoms with Crippen molar-refractivity contribution in [1.82, 2.24) is 5.32 Å². The van der Waals surface area contributed by atoms with Crippen molar-refractivity contribution in [3.63, 3.8) is 0 Å². The van der Waals surface area contributed by atoms with Crippen LogP contribution < -0.4 is 10.6 Å². The number of rotatable bonds is 5. The summed E-state index contributed by atoms with van der Waals surface area (Å²) >= 11 is 1.65. The third kappa shape index (κ3) is 3.91. The van der Waals surface area contributed by atoms with Crippen LogP contribution in [0.1, 0.15) is 22.9 Å². The number of carbonyl (C=O) groups is 1. The molecular formula is C15H18N2OS. The molecule has 0 fully saturated rings. The lowest BCUT2D eigenvalue weighted by molar-refractivity contribution is -0.114. The van der Waals surface area contributed by atoms with Gasteiger partial charge in [-0.05, 0) is 29.5 Å². The molecule has 0 aliphatic rings. The molecule has 3 nitrogen and oxygen atoms in total. The van der Waals surface area contributed by atoms with Crippen molar-refractivity contribution in [3.05, 3.63) is 51.7 Å². The monoisotopic (exact) mass is 274 g/mol. The fraction of sp³-hybridized carbons (Fsp3) is 0.267. The molecule has 0 unspecified atom stereocenters. The molecule has 0 saturated carbocycles. The van der Waals surface area contributed by atoms with Gasteiger partial charge < -0.3 is 10.6 Å². The molecule has 1 heterocycles. The van der Waals surface area contributed by atoms with Gasteiger partial charge in [0.2, 0.25) is 5.91 Å². The van der Waals surface area contributed by atoms with Crippen LogP contribution >= 0.6 is 11.3 Å². The summed E-state index contributed by atoms with van der Waals surface area (Å²) in [5.74, 6) is -0.0291. The molecule has 2 aromatic rings. The first kappa shape index (κ1) is 13.8. The number of carbonyl (C=O) groups excluding carboxylic acids is 1. The molecule has 1 aromatic heterocycles. The minimum Gasteiger partial charge on any atom is -0.325 e. The predicted octanol–water partition coefficient (Wildman–Crippen LogP) is 3.30. The highest BCUT2D eigenvalue weighted by molar-refractivity contribution is 7.10. The molecule has 0 atom stereocenters. The Balaban J connectivity index is 1.91. The average Bonchev–Trinajstić information content (AvgIpc) is 2.78. The largest absolute Gasteiger partial charge is 0.325 e. The molecule has 0 aliphatic carbocycles. The number of benzene rings is 1. The molecule has 2 N–H and O–H groups in total. The van der Waals surface area contributed by atoms with E-state index >= 15 is 0 Å². The molecule has 4 heteroatoms. The Morgan fingerprint density at radius 2 is 2.00 bits per heavy atom. The van der Waals surface area contributed by atoms with Crippen LogP contribution in [0.25, 0.3) is 0 Å². The van der Waals surface area contributed by atoms with Crippen LogP contribution in [0.5, 0.6) is 0 Å². The molecule has 0 spiro atoms. The van der Waals surface area contributed by atoms with Crippen LogP contribution in [0.3, 0.4) is 0 Å². The molecule has 0 aliphatic heterocycles. The van der Waals surface area contributed by atoms with E-state index in [0.717, 1.165) is 23.7 Å². The lowest BCUT2D eigenvalue weighted by Gasteiger charge is -2.08. The zero-order chi connectivity index (χ0) is 13.7. The van der Waals surface area contributed by atoms with Crippen LogP contribution in [0.4, 0.5) is 5.69 Å². The van der Waals surface area contributed by atoms with Crippen LogP contribution in [0.15, 0.2) is 35.7 Å². The maximum atomic E-state index is 11.1. The van der Waals surface area contributed by atoms with Crippen molar-refractivity contribution < 1.29 is 4.79 Å². The van der Waals surface area contributed by atoms with E-state index in [1.807, 2.05) is 17.5 Å². The minimum absolute atomic E-state index is 0.0291. The Bertz CT molecular complexity index is 563. The van der Waals surface area contributed by atoms with E-state index in [-0.39, 0.29) is 5.91 Å². The molecular weight excluding hydrogens is 256 g/mol. The molecule has 0 radical (unpaired) electrons. The topological polar surface area (TPSA) is 41.1 Å². The number of anilines is 1. The first-order chi connectivity index (χ1) is 9.16. The minimum atomic E-state index is -0.0291. The molecule has 100 valence electrons. The van der Waals surface area contributed by atoms with Gasteiger partial charge in [0.1, 0.15) is 0 Å². The number of hydrogen-bond donors (Lipinski definition) is 2. The Labute approximate surface area is 117 Å². The Morgan fingerprint density at radius 1 is 1.21 bits per heavy atom. The molecule has 19 heavy (non-hydrogen) atoms. The fourth-order valence-corrected chi connectivity index (χ4v) is 2.70. The number of aryl methyl sites for hydroxylation is 1. The maximum absolute atomic E-state index is 11.1. The zero-order valence-electron chi connectivity index (χ0n) is 11.2. The fourth-order valence-electron chi connectivity index (χ4n) is 1.90. The van der Waals surface area contributed by atoms with Crippen molar-refractivity contribution in [2.24, 2.45) is 0 Å². The standard InChI is InChI=1S/C15H18N2OS/c1-11-5-3-4-6-13(11)9-16-10-15-14(7-8-19-15)17-12(2)18/h3-8,16H,9-10H2,1-2H3,(H,17,18). The molecule has 1 aromatic carbocycles. The van der Waals surface area contributed by atoms with Gasteiger partial charge >= 0.3 is 0 Å². The number of thiophene rings is 1. The van der Waals surface area contributed by atoms with E-state index in [1.165, 1.54) is 18.1 Å². The van der Waals surface area contributed by atoms with E-state index < -0.39 is 0 Å². The highest BCUT2D eigenvalue weighted by Crippen LogP contribution is 2.22. The van der Waals surface area contributed by atoms with E-state index in [2.05, 4.69) is 35.8 Å². The van der Waals surface area contributed by atoms with E-state index in [4.69, 9.17) is 0 Å². The summed E-state index contributed by atoms with van der Waals surface area (Å²) in [7, 11) is 0. The van der Waals surface area contributed by atoms with Gasteiger partial charge in [-0.1, -0.05) is 24.3 Å². The maximum Gasteiger partial charge on any atom is 0.221 e. The summed E-state index contributed by atoms with van der Waals surface area (Å²) in [6, 6.07) is 10.3. The summed E-state index contributed by atoms with van der Waals surface area (Å²) in [5, 5.41) is 8.26. The second kappa shape index (κ2) is 6.50. The van der Waals surface area contributed by atoms with Crippen molar-refractivity contribution in [3.8, 4) is 0 Å². The summed E-state index contributed by atoms with van der Waals surface area (Å²) in [6.07, 6.45) is 0. The quantitative estimate of drug-likeness (QED) is 0.878. The normalized spacial score (nSPS) is 10.4. The smallest absolute Gasteiger partial charge is 0.221 e.